The van der Waals surface area contributed by atoms with Crippen LogP contribution < -0.4 is 10.1 Å². The number of hydrogen-bond acceptors (Lipinski definition) is 2. The Hall–Kier alpha value is -2.17. The number of benzene rings is 2. The lowest BCUT2D eigenvalue weighted by Crippen LogP contribution is -2.18. The van der Waals surface area contributed by atoms with E-state index in [0.29, 0.717) is 17.4 Å². The normalized spacial score (nSPS) is 12.4. The van der Waals surface area contributed by atoms with Crippen LogP contribution in [0, 0.1) is 0 Å². The molecular formula is C14H13F2NO2. The van der Waals surface area contributed by atoms with Crippen molar-refractivity contribution in [1.82, 2.24) is 5.32 Å². The summed E-state index contributed by atoms with van der Waals surface area (Å²) in [4.78, 5) is 10.5. The Morgan fingerprint density at radius 2 is 1.95 bits per heavy atom. The predicted molar refractivity (Wildman–Crippen MR) is 68.2 cm³/mol. The third-order valence-electron chi connectivity index (χ3n) is 2.90. The average Bonchev–Trinajstić information content (AvgIpc) is 2.38. The van der Waals surface area contributed by atoms with Gasteiger partial charge in [0.2, 0.25) is 6.41 Å². The minimum absolute atomic E-state index is 0.106. The molecule has 0 spiro atoms. The van der Waals surface area contributed by atoms with Gasteiger partial charge in [0.25, 0.3) is 0 Å². The number of ether oxygens (including phenoxy) is 1. The maximum absolute atomic E-state index is 12.6. The van der Waals surface area contributed by atoms with Gasteiger partial charge in [0, 0.05) is 10.9 Å². The molecule has 5 heteroatoms. The van der Waals surface area contributed by atoms with Crippen molar-refractivity contribution in [2.24, 2.45) is 0 Å². The molecule has 0 bridgehead atoms. The molecule has 1 N–H and O–H groups in total. The molecule has 1 unspecified atom stereocenters. The van der Waals surface area contributed by atoms with Crippen LogP contribution >= 0.6 is 0 Å². The second kappa shape index (κ2) is 5.65. The highest BCUT2D eigenvalue weighted by atomic mass is 19.3. The molecule has 0 radical (unpaired) electrons. The molecule has 2 aromatic rings. The molecule has 0 aromatic heterocycles. The number of fused-ring (bicyclic) bond motifs is 1. The summed E-state index contributed by atoms with van der Waals surface area (Å²) in [6.07, 6.45) is 0.534. The molecule has 100 valence electrons. The number of hydrogen-bond donors (Lipinski definition) is 1. The van der Waals surface area contributed by atoms with Crippen molar-refractivity contribution in [2.75, 3.05) is 0 Å². The van der Waals surface area contributed by atoms with Crippen molar-refractivity contribution in [3.05, 3.63) is 42.0 Å². The molecule has 0 saturated heterocycles. The van der Waals surface area contributed by atoms with E-state index < -0.39 is 12.7 Å². The van der Waals surface area contributed by atoms with Crippen LogP contribution in [0.5, 0.6) is 5.75 Å². The van der Waals surface area contributed by atoms with E-state index in [1.165, 1.54) is 0 Å². The number of alkyl halides is 2. The number of rotatable bonds is 5. The van der Waals surface area contributed by atoms with Crippen LogP contribution in [-0.2, 0) is 4.79 Å². The molecule has 0 aliphatic rings. The summed E-state index contributed by atoms with van der Waals surface area (Å²) in [5, 5.41) is 3.94. The van der Waals surface area contributed by atoms with Gasteiger partial charge in [-0.3, -0.25) is 4.79 Å². The lowest BCUT2D eigenvalue weighted by Gasteiger charge is -2.18. The molecular weight excluding hydrogens is 252 g/mol. The van der Waals surface area contributed by atoms with E-state index in [4.69, 9.17) is 0 Å². The molecule has 0 aliphatic heterocycles. The highest BCUT2D eigenvalue weighted by Crippen LogP contribution is 2.34. The van der Waals surface area contributed by atoms with Crippen LogP contribution in [0.1, 0.15) is 18.5 Å². The zero-order valence-corrected chi connectivity index (χ0v) is 10.3. The van der Waals surface area contributed by atoms with E-state index in [1.807, 2.05) is 18.2 Å². The van der Waals surface area contributed by atoms with Crippen molar-refractivity contribution in [2.45, 2.75) is 19.6 Å². The van der Waals surface area contributed by atoms with Gasteiger partial charge >= 0.3 is 6.61 Å². The summed E-state index contributed by atoms with van der Waals surface area (Å²) < 4.78 is 29.8. The Kier molecular flexibility index (Phi) is 3.94. The molecule has 0 heterocycles. The lowest BCUT2D eigenvalue weighted by atomic mass is 10.0. The van der Waals surface area contributed by atoms with Crippen LogP contribution in [-0.4, -0.2) is 13.0 Å². The first-order valence-electron chi connectivity index (χ1n) is 5.79. The monoisotopic (exact) mass is 265 g/mol. The van der Waals surface area contributed by atoms with Gasteiger partial charge in [-0.05, 0) is 12.3 Å². The molecule has 19 heavy (non-hydrogen) atoms. The fourth-order valence-corrected chi connectivity index (χ4v) is 2.01. The number of halogens is 2. The predicted octanol–water partition coefficient (Wildman–Crippen LogP) is 3.25. The van der Waals surface area contributed by atoms with Crippen molar-refractivity contribution in [3.8, 4) is 5.75 Å². The second-order valence-electron chi connectivity index (χ2n) is 4.09. The van der Waals surface area contributed by atoms with E-state index in [1.54, 1.807) is 25.1 Å². The standard InChI is InChI=1S/C14H13F2NO2/c1-9(17-8-18)11-7-6-10-4-2-3-5-12(10)13(11)19-14(15)16/h2-9,14H,1H3,(H,17,18). The first kappa shape index (κ1) is 13.3. The minimum Gasteiger partial charge on any atom is -0.434 e. The van der Waals surface area contributed by atoms with Gasteiger partial charge in [-0.15, -0.1) is 0 Å². The molecule has 0 fully saturated rings. The largest absolute Gasteiger partial charge is 0.434 e. The third-order valence-corrected chi connectivity index (χ3v) is 2.90. The smallest absolute Gasteiger partial charge is 0.387 e. The van der Waals surface area contributed by atoms with Gasteiger partial charge in [0.1, 0.15) is 5.75 Å². The molecule has 1 atom stereocenters. The number of amides is 1. The summed E-state index contributed by atoms with van der Waals surface area (Å²) in [5.41, 5.74) is 0.520. The molecule has 0 saturated carbocycles. The Labute approximate surface area is 109 Å². The first-order chi connectivity index (χ1) is 9.13. The Bertz CT molecular complexity index is 587. The van der Waals surface area contributed by atoms with Gasteiger partial charge in [-0.1, -0.05) is 36.4 Å². The molecule has 3 nitrogen and oxygen atoms in total. The second-order valence-corrected chi connectivity index (χ2v) is 4.09. The van der Waals surface area contributed by atoms with E-state index in [9.17, 15) is 13.6 Å². The highest BCUT2D eigenvalue weighted by molar-refractivity contribution is 5.89. The quantitative estimate of drug-likeness (QED) is 0.843. The summed E-state index contributed by atoms with van der Waals surface area (Å²) in [6, 6.07) is 10.2. The Morgan fingerprint density at radius 1 is 1.21 bits per heavy atom. The molecule has 2 rings (SSSR count). The van der Waals surface area contributed by atoms with Crippen molar-refractivity contribution < 1.29 is 18.3 Å². The van der Waals surface area contributed by atoms with Crippen molar-refractivity contribution in [3.63, 3.8) is 0 Å². The number of carbonyl (C=O) groups excluding carboxylic acids is 1. The van der Waals surface area contributed by atoms with Crippen molar-refractivity contribution in [1.29, 1.82) is 0 Å². The van der Waals surface area contributed by atoms with Crippen LogP contribution in [0.15, 0.2) is 36.4 Å². The molecule has 2 aromatic carbocycles. The minimum atomic E-state index is -2.91. The van der Waals surface area contributed by atoms with Gasteiger partial charge < -0.3 is 10.1 Å². The van der Waals surface area contributed by atoms with Crippen LogP contribution in [0.25, 0.3) is 10.8 Å². The van der Waals surface area contributed by atoms with E-state index in [-0.39, 0.29) is 5.75 Å². The van der Waals surface area contributed by atoms with Gasteiger partial charge in [0.15, 0.2) is 0 Å². The third kappa shape index (κ3) is 2.81. The summed E-state index contributed by atoms with van der Waals surface area (Å²) in [5.74, 6) is 0.106. The van der Waals surface area contributed by atoms with Crippen LogP contribution in [0.4, 0.5) is 8.78 Å². The lowest BCUT2D eigenvalue weighted by molar-refractivity contribution is -0.110. The van der Waals surface area contributed by atoms with Gasteiger partial charge in [0.05, 0.1) is 6.04 Å². The highest BCUT2D eigenvalue weighted by Gasteiger charge is 2.17. The maximum Gasteiger partial charge on any atom is 0.387 e. The molecule has 0 aliphatic carbocycles. The van der Waals surface area contributed by atoms with Gasteiger partial charge in [-0.2, -0.15) is 8.78 Å². The van der Waals surface area contributed by atoms with Crippen LogP contribution in [0.2, 0.25) is 0 Å². The van der Waals surface area contributed by atoms with Crippen LogP contribution in [0.3, 0.4) is 0 Å². The fraction of sp³-hybridized carbons (Fsp3) is 0.214. The topological polar surface area (TPSA) is 38.3 Å². The summed E-state index contributed by atoms with van der Waals surface area (Å²) in [7, 11) is 0. The van der Waals surface area contributed by atoms with Gasteiger partial charge in [-0.25, -0.2) is 0 Å². The number of carbonyl (C=O) groups is 1. The summed E-state index contributed by atoms with van der Waals surface area (Å²) in [6.45, 7) is -1.20. The first-order valence-corrected chi connectivity index (χ1v) is 5.79. The molecule has 1 amide bonds. The summed E-state index contributed by atoms with van der Waals surface area (Å²) >= 11 is 0. The van der Waals surface area contributed by atoms with Crippen molar-refractivity contribution >= 4 is 17.2 Å². The Balaban J connectivity index is 2.58. The van der Waals surface area contributed by atoms with E-state index in [0.717, 1.165) is 5.39 Å². The zero-order chi connectivity index (χ0) is 13.8. The average molecular weight is 265 g/mol. The Morgan fingerprint density at radius 3 is 2.63 bits per heavy atom. The zero-order valence-electron chi connectivity index (χ0n) is 10.3. The maximum atomic E-state index is 12.6. The SMILES string of the molecule is CC(NC=O)c1ccc2ccccc2c1OC(F)F. The fourth-order valence-electron chi connectivity index (χ4n) is 2.01. The number of nitrogens with one attached hydrogen (secondary N) is 1. The van der Waals surface area contributed by atoms with E-state index >= 15 is 0 Å². The van der Waals surface area contributed by atoms with E-state index in [2.05, 4.69) is 10.1 Å².